The summed E-state index contributed by atoms with van der Waals surface area (Å²) in [4.78, 5) is 10.8. The smallest absolute Gasteiger partial charge is 0.137 e. The van der Waals surface area contributed by atoms with Gasteiger partial charge in [-0.15, -0.1) is 0 Å². The molecule has 1 rings (SSSR count). The van der Waals surface area contributed by atoms with E-state index < -0.39 is 0 Å². The van der Waals surface area contributed by atoms with Crippen LogP contribution in [0.5, 0.6) is 0 Å². The molecular weight excluding hydrogens is 228 g/mol. The summed E-state index contributed by atoms with van der Waals surface area (Å²) in [5.41, 5.74) is 1.11. The Balaban J connectivity index is 3.18. The van der Waals surface area contributed by atoms with Gasteiger partial charge in [-0.1, -0.05) is 20.8 Å². The van der Waals surface area contributed by atoms with Crippen molar-refractivity contribution in [3.05, 3.63) is 11.9 Å². The van der Waals surface area contributed by atoms with E-state index in [9.17, 15) is 5.11 Å². The average molecular weight is 252 g/mol. The molecule has 0 aromatic carbocycles. The number of nitrogens with one attached hydrogen (secondary N) is 1. The zero-order valence-corrected chi connectivity index (χ0v) is 11.8. The molecule has 0 spiro atoms. The van der Waals surface area contributed by atoms with Crippen molar-refractivity contribution in [2.45, 2.75) is 33.1 Å². The Morgan fingerprint density at radius 2 is 2.06 bits per heavy atom. The van der Waals surface area contributed by atoms with Crippen LogP contribution in [0.3, 0.4) is 0 Å². The number of rotatable bonds is 7. The number of nitrogens with zero attached hydrogens (tertiary/aromatic N) is 3. The van der Waals surface area contributed by atoms with Gasteiger partial charge in [0.25, 0.3) is 0 Å². The molecule has 0 saturated carbocycles. The minimum Gasteiger partial charge on any atom is -0.395 e. The highest BCUT2D eigenvalue weighted by Crippen LogP contribution is 2.30. The molecule has 0 atom stereocenters. The predicted molar refractivity (Wildman–Crippen MR) is 75.3 cm³/mol. The zero-order valence-electron chi connectivity index (χ0n) is 11.8. The molecule has 0 unspecified atom stereocenters. The summed E-state index contributed by atoms with van der Waals surface area (Å²) in [6, 6.07) is 0. The van der Waals surface area contributed by atoms with Crippen molar-refractivity contribution < 1.29 is 5.11 Å². The van der Waals surface area contributed by atoms with E-state index >= 15 is 0 Å². The van der Waals surface area contributed by atoms with Gasteiger partial charge in [0.1, 0.15) is 18.0 Å². The molecule has 102 valence electrons. The van der Waals surface area contributed by atoms with Crippen LogP contribution >= 0.6 is 0 Å². The first-order chi connectivity index (χ1) is 8.65. The zero-order chi connectivity index (χ0) is 13.5. The summed E-state index contributed by atoms with van der Waals surface area (Å²) in [6.45, 7) is 8.02. The van der Waals surface area contributed by atoms with Gasteiger partial charge in [0, 0.05) is 25.7 Å². The van der Waals surface area contributed by atoms with E-state index in [1.165, 1.54) is 0 Å². The largest absolute Gasteiger partial charge is 0.395 e. The molecule has 2 N–H and O–H groups in total. The van der Waals surface area contributed by atoms with Gasteiger partial charge in [0.05, 0.1) is 6.61 Å². The van der Waals surface area contributed by atoms with E-state index in [2.05, 4.69) is 41.0 Å². The highest BCUT2D eigenvalue weighted by Gasteiger charge is 2.18. The van der Waals surface area contributed by atoms with Gasteiger partial charge in [-0.25, -0.2) is 9.97 Å². The normalized spacial score (nSPS) is 10.8. The Morgan fingerprint density at radius 3 is 2.56 bits per heavy atom. The van der Waals surface area contributed by atoms with Gasteiger partial charge >= 0.3 is 0 Å². The van der Waals surface area contributed by atoms with Gasteiger partial charge in [-0.05, 0) is 12.3 Å². The molecule has 5 nitrogen and oxygen atoms in total. The fraction of sp³-hybridized carbons (Fsp3) is 0.692. The molecular formula is C13H24N4O. The van der Waals surface area contributed by atoms with E-state index in [-0.39, 0.29) is 6.61 Å². The number of aromatic nitrogens is 2. The third kappa shape index (κ3) is 3.32. The van der Waals surface area contributed by atoms with Gasteiger partial charge < -0.3 is 15.3 Å². The Labute approximate surface area is 109 Å². The van der Waals surface area contributed by atoms with Crippen LogP contribution in [0.2, 0.25) is 0 Å². The van der Waals surface area contributed by atoms with Crippen LogP contribution in [0.4, 0.5) is 11.6 Å². The summed E-state index contributed by atoms with van der Waals surface area (Å²) in [7, 11) is 1.87. The molecule has 0 aliphatic heterocycles. The molecule has 0 radical (unpaired) electrons. The molecule has 0 aliphatic rings. The van der Waals surface area contributed by atoms with Crippen molar-refractivity contribution in [1.82, 2.24) is 9.97 Å². The van der Waals surface area contributed by atoms with E-state index in [0.717, 1.165) is 30.2 Å². The molecule has 0 fully saturated rings. The van der Waals surface area contributed by atoms with E-state index in [1.807, 2.05) is 7.05 Å². The number of hydrogen-bond donors (Lipinski definition) is 2. The molecule has 0 saturated heterocycles. The highest BCUT2D eigenvalue weighted by atomic mass is 16.3. The monoisotopic (exact) mass is 252 g/mol. The molecule has 18 heavy (non-hydrogen) atoms. The molecule has 0 amide bonds. The van der Waals surface area contributed by atoms with Crippen LogP contribution in [-0.2, 0) is 0 Å². The van der Waals surface area contributed by atoms with E-state index in [4.69, 9.17) is 0 Å². The van der Waals surface area contributed by atoms with Crippen molar-refractivity contribution >= 4 is 11.6 Å². The van der Waals surface area contributed by atoms with Crippen LogP contribution in [0.1, 0.15) is 38.7 Å². The van der Waals surface area contributed by atoms with Gasteiger partial charge in [0.2, 0.25) is 0 Å². The Morgan fingerprint density at radius 1 is 1.33 bits per heavy atom. The lowest BCUT2D eigenvalue weighted by atomic mass is 10.0. The van der Waals surface area contributed by atoms with Crippen LogP contribution in [0.15, 0.2) is 6.33 Å². The Bertz CT molecular complexity index is 362. The molecule has 1 heterocycles. The van der Waals surface area contributed by atoms with Gasteiger partial charge in [-0.2, -0.15) is 0 Å². The predicted octanol–water partition coefficient (Wildman–Crippen LogP) is 1.85. The summed E-state index contributed by atoms with van der Waals surface area (Å²) < 4.78 is 0. The third-order valence-corrected chi connectivity index (χ3v) is 2.84. The summed E-state index contributed by atoms with van der Waals surface area (Å²) in [5, 5.41) is 12.3. The maximum Gasteiger partial charge on any atom is 0.137 e. The Hall–Kier alpha value is -1.36. The number of aliphatic hydroxyl groups excluding tert-OH is 1. The van der Waals surface area contributed by atoms with Crippen molar-refractivity contribution in [2.75, 3.05) is 37.0 Å². The minimum absolute atomic E-state index is 0.135. The average Bonchev–Trinajstić information content (AvgIpc) is 2.37. The first-order valence-electron chi connectivity index (χ1n) is 6.54. The van der Waals surface area contributed by atoms with Gasteiger partial charge in [0.15, 0.2) is 0 Å². The fourth-order valence-corrected chi connectivity index (χ4v) is 2.08. The van der Waals surface area contributed by atoms with Crippen LogP contribution < -0.4 is 10.2 Å². The van der Waals surface area contributed by atoms with Crippen LogP contribution in [-0.4, -0.2) is 41.8 Å². The van der Waals surface area contributed by atoms with Gasteiger partial charge in [-0.3, -0.25) is 0 Å². The quantitative estimate of drug-likeness (QED) is 0.775. The summed E-state index contributed by atoms with van der Waals surface area (Å²) >= 11 is 0. The van der Waals surface area contributed by atoms with Crippen molar-refractivity contribution in [1.29, 1.82) is 0 Å². The molecule has 0 aliphatic carbocycles. The second kappa shape index (κ2) is 7.16. The molecule has 5 heteroatoms. The number of hydrogen-bond acceptors (Lipinski definition) is 5. The van der Waals surface area contributed by atoms with Crippen LogP contribution in [0.25, 0.3) is 0 Å². The third-order valence-electron chi connectivity index (χ3n) is 2.84. The summed E-state index contributed by atoms with van der Waals surface area (Å²) in [6.07, 6.45) is 2.60. The van der Waals surface area contributed by atoms with E-state index in [0.29, 0.717) is 12.5 Å². The van der Waals surface area contributed by atoms with E-state index in [1.54, 1.807) is 6.33 Å². The first kappa shape index (κ1) is 14.7. The van der Waals surface area contributed by atoms with Crippen LogP contribution in [0, 0.1) is 0 Å². The standard InChI is InChI=1S/C13H24N4O/c1-5-6-17(7-8-18)13-11(10(2)3)12(14-4)15-9-16-13/h9-10,18H,5-8H2,1-4H3,(H,14,15,16). The lowest BCUT2D eigenvalue weighted by Gasteiger charge is -2.26. The highest BCUT2D eigenvalue weighted by molar-refractivity contribution is 5.60. The molecule has 1 aromatic rings. The Kier molecular flexibility index (Phi) is 5.85. The lowest BCUT2D eigenvalue weighted by molar-refractivity contribution is 0.301. The number of aliphatic hydroxyl groups is 1. The van der Waals surface area contributed by atoms with Crippen molar-refractivity contribution in [3.8, 4) is 0 Å². The topological polar surface area (TPSA) is 61.3 Å². The SMILES string of the molecule is CCCN(CCO)c1ncnc(NC)c1C(C)C. The lowest BCUT2D eigenvalue weighted by Crippen LogP contribution is -2.30. The second-order valence-electron chi connectivity index (χ2n) is 4.57. The van der Waals surface area contributed by atoms with Crippen molar-refractivity contribution in [2.24, 2.45) is 0 Å². The minimum atomic E-state index is 0.135. The molecule has 1 aromatic heterocycles. The maximum atomic E-state index is 9.18. The number of anilines is 2. The maximum absolute atomic E-state index is 9.18. The summed E-state index contributed by atoms with van der Waals surface area (Å²) in [5.74, 6) is 2.14. The fourth-order valence-electron chi connectivity index (χ4n) is 2.08. The van der Waals surface area contributed by atoms with Crippen molar-refractivity contribution in [3.63, 3.8) is 0 Å². The first-order valence-corrected chi connectivity index (χ1v) is 6.54. The second-order valence-corrected chi connectivity index (χ2v) is 4.57. The molecule has 0 bridgehead atoms.